The summed E-state index contributed by atoms with van der Waals surface area (Å²) in [5.41, 5.74) is 5.93. The van der Waals surface area contributed by atoms with Gasteiger partial charge in [-0.25, -0.2) is 0 Å². The van der Waals surface area contributed by atoms with Gasteiger partial charge in [-0.2, -0.15) is 0 Å². The van der Waals surface area contributed by atoms with E-state index in [4.69, 9.17) is 10.2 Å². The Morgan fingerprint density at radius 1 is 1.44 bits per heavy atom. The van der Waals surface area contributed by atoms with Crippen LogP contribution in [0.1, 0.15) is 31.3 Å². The first-order chi connectivity index (χ1) is 7.65. The molecule has 1 aromatic rings. The Kier molecular flexibility index (Phi) is 3.66. The number of likely N-dealkylation sites (tertiary alicyclic amines) is 1. The van der Waals surface area contributed by atoms with Gasteiger partial charge in [0.2, 0.25) is 0 Å². The molecule has 2 rings (SSSR count). The van der Waals surface area contributed by atoms with Crippen LogP contribution < -0.4 is 5.73 Å². The quantitative estimate of drug-likeness (QED) is 0.852. The minimum absolute atomic E-state index is 0.341. The van der Waals surface area contributed by atoms with Crippen molar-refractivity contribution < 1.29 is 4.42 Å². The van der Waals surface area contributed by atoms with Crippen molar-refractivity contribution in [1.82, 2.24) is 4.90 Å². The van der Waals surface area contributed by atoms with Gasteiger partial charge in [0.1, 0.15) is 11.5 Å². The van der Waals surface area contributed by atoms with Crippen LogP contribution in [0.25, 0.3) is 0 Å². The van der Waals surface area contributed by atoms with Gasteiger partial charge in [0.15, 0.2) is 0 Å². The van der Waals surface area contributed by atoms with Crippen LogP contribution in [0.2, 0.25) is 0 Å². The molecule has 1 unspecified atom stereocenters. The molecule has 1 atom stereocenters. The zero-order valence-electron chi connectivity index (χ0n) is 10.3. The van der Waals surface area contributed by atoms with Crippen molar-refractivity contribution in [3.63, 3.8) is 0 Å². The van der Waals surface area contributed by atoms with Crippen molar-refractivity contribution >= 4 is 0 Å². The molecule has 90 valence electrons. The van der Waals surface area contributed by atoms with E-state index in [1.165, 1.54) is 12.8 Å². The zero-order valence-corrected chi connectivity index (χ0v) is 10.3. The first-order valence-corrected chi connectivity index (χ1v) is 6.18. The third-order valence-electron chi connectivity index (χ3n) is 3.55. The van der Waals surface area contributed by atoms with Gasteiger partial charge in [-0.15, -0.1) is 0 Å². The fraction of sp³-hybridized carbons (Fsp3) is 0.692. The van der Waals surface area contributed by atoms with E-state index in [2.05, 4.69) is 17.9 Å². The summed E-state index contributed by atoms with van der Waals surface area (Å²) < 4.78 is 5.59. The van der Waals surface area contributed by atoms with Gasteiger partial charge in [-0.3, -0.25) is 4.90 Å². The van der Waals surface area contributed by atoms with E-state index in [1.54, 1.807) is 0 Å². The molecular formula is C13H22N2O. The second kappa shape index (κ2) is 5.02. The van der Waals surface area contributed by atoms with Crippen molar-refractivity contribution in [1.29, 1.82) is 0 Å². The number of furan rings is 1. The molecule has 1 aliphatic rings. The van der Waals surface area contributed by atoms with Crippen LogP contribution >= 0.6 is 0 Å². The lowest BCUT2D eigenvalue weighted by atomic mass is 9.91. The summed E-state index contributed by atoms with van der Waals surface area (Å²) in [6, 6.07) is 4.45. The van der Waals surface area contributed by atoms with Crippen LogP contribution in [-0.4, -0.2) is 24.0 Å². The second-order valence-corrected chi connectivity index (χ2v) is 4.99. The molecule has 2 N–H and O–H groups in total. The summed E-state index contributed by atoms with van der Waals surface area (Å²) >= 11 is 0. The SMILES string of the molecule is Cc1ccc(CN2CCC(C(C)N)CC2)o1. The monoisotopic (exact) mass is 222 g/mol. The molecule has 0 bridgehead atoms. The fourth-order valence-electron chi connectivity index (χ4n) is 2.43. The number of hydrogen-bond acceptors (Lipinski definition) is 3. The molecule has 2 heterocycles. The molecule has 0 spiro atoms. The third-order valence-corrected chi connectivity index (χ3v) is 3.55. The summed E-state index contributed by atoms with van der Waals surface area (Å²) in [4.78, 5) is 2.46. The van der Waals surface area contributed by atoms with E-state index in [0.717, 1.165) is 31.2 Å². The lowest BCUT2D eigenvalue weighted by molar-refractivity contribution is 0.156. The lowest BCUT2D eigenvalue weighted by Crippen LogP contribution is -2.39. The Hall–Kier alpha value is -0.800. The molecular weight excluding hydrogens is 200 g/mol. The minimum atomic E-state index is 0.341. The highest BCUT2D eigenvalue weighted by Crippen LogP contribution is 2.21. The number of piperidine rings is 1. The smallest absolute Gasteiger partial charge is 0.118 e. The molecule has 1 saturated heterocycles. The highest BCUT2D eigenvalue weighted by Gasteiger charge is 2.22. The van der Waals surface area contributed by atoms with E-state index in [0.29, 0.717) is 12.0 Å². The van der Waals surface area contributed by atoms with Crippen LogP contribution in [-0.2, 0) is 6.54 Å². The van der Waals surface area contributed by atoms with Crippen molar-refractivity contribution in [2.45, 2.75) is 39.3 Å². The van der Waals surface area contributed by atoms with E-state index in [1.807, 2.05) is 13.0 Å². The van der Waals surface area contributed by atoms with E-state index in [-0.39, 0.29) is 0 Å². The first-order valence-electron chi connectivity index (χ1n) is 6.18. The van der Waals surface area contributed by atoms with Crippen LogP contribution in [0.5, 0.6) is 0 Å². The van der Waals surface area contributed by atoms with Gasteiger partial charge in [-0.05, 0) is 57.8 Å². The Morgan fingerprint density at radius 3 is 2.62 bits per heavy atom. The maximum absolute atomic E-state index is 5.93. The Labute approximate surface area is 97.6 Å². The summed E-state index contributed by atoms with van der Waals surface area (Å²) in [5.74, 6) is 2.78. The summed E-state index contributed by atoms with van der Waals surface area (Å²) in [5, 5.41) is 0. The number of hydrogen-bond donors (Lipinski definition) is 1. The number of aryl methyl sites for hydroxylation is 1. The topological polar surface area (TPSA) is 42.4 Å². The standard InChI is InChI=1S/C13H22N2O/c1-10-3-4-13(16-10)9-15-7-5-12(6-8-15)11(2)14/h3-4,11-12H,5-9,14H2,1-2H3. The average molecular weight is 222 g/mol. The molecule has 3 heteroatoms. The number of nitrogens with zero attached hydrogens (tertiary/aromatic N) is 1. The van der Waals surface area contributed by atoms with Crippen molar-refractivity contribution in [3.8, 4) is 0 Å². The largest absolute Gasteiger partial charge is 0.465 e. The van der Waals surface area contributed by atoms with Gasteiger partial charge < -0.3 is 10.2 Å². The molecule has 0 amide bonds. The Bertz CT molecular complexity index is 324. The molecule has 0 saturated carbocycles. The summed E-state index contributed by atoms with van der Waals surface area (Å²) in [7, 11) is 0. The second-order valence-electron chi connectivity index (χ2n) is 4.99. The van der Waals surface area contributed by atoms with Crippen LogP contribution in [0.4, 0.5) is 0 Å². The maximum Gasteiger partial charge on any atom is 0.118 e. The van der Waals surface area contributed by atoms with Crippen molar-refractivity contribution in [3.05, 3.63) is 23.7 Å². The predicted octanol–water partition coefficient (Wildman–Crippen LogP) is 2.15. The van der Waals surface area contributed by atoms with Gasteiger partial charge >= 0.3 is 0 Å². The minimum Gasteiger partial charge on any atom is -0.465 e. The molecule has 16 heavy (non-hydrogen) atoms. The van der Waals surface area contributed by atoms with E-state index < -0.39 is 0 Å². The van der Waals surface area contributed by atoms with Gasteiger partial charge in [0.05, 0.1) is 6.54 Å². The molecule has 0 aliphatic carbocycles. The molecule has 1 aliphatic heterocycles. The van der Waals surface area contributed by atoms with E-state index in [9.17, 15) is 0 Å². The van der Waals surface area contributed by atoms with Crippen LogP contribution in [0.3, 0.4) is 0 Å². The number of rotatable bonds is 3. The normalized spacial score (nSPS) is 21.2. The molecule has 1 aromatic heterocycles. The van der Waals surface area contributed by atoms with Crippen molar-refractivity contribution in [2.24, 2.45) is 11.7 Å². The molecule has 0 aromatic carbocycles. The average Bonchev–Trinajstić information content (AvgIpc) is 2.65. The van der Waals surface area contributed by atoms with Crippen LogP contribution in [0.15, 0.2) is 16.5 Å². The van der Waals surface area contributed by atoms with Crippen molar-refractivity contribution in [2.75, 3.05) is 13.1 Å². The van der Waals surface area contributed by atoms with Gasteiger partial charge in [0, 0.05) is 6.04 Å². The molecule has 1 fully saturated rings. The Morgan fingerprint density at radius 2 is 2.12 bits per heavy atom. The summed E-state index contributed by atoms with van der Waals surface area (Å²) in [6.07, 6.45) is 2.44. The predicted molar refractivity (Wildman–Crippen MR) is 65.1 cm³/mol. The van der Waals surface area contributed by atoms with Gasteiger partial charge in [-0.1, -0.05) is 0 Å². The van der Waals surface area contributed by atoms with Crippen LogP contribution in [0, 0.1) is 12.8 Å². The summed E-state index contributed by atoms with van der Waals surface area (Å²) in [6.45, 7) is 7.35. The fourth-order valence-corrected chi connectivity index (χ4v) is 2.43. The lowest BCUT2D eigenvalue weighted by Gasteiger charge is -2.33. The third kappa shape index (κ3) is 2.86. The first kappa shape index (κ1) is 11.7. The zero-order chi connectivity index (χ0) is 11.5. The molecule has 0 radical (unpaired) electrons. The van der Waals surface area contributed by atoms with E-state index >= 15 is 0 Å². The van der Waals surface area contributed by atoms with Gasteiger partial charge in [0.25, 0.3) is 0 Å². The number of nitrogens with two attached hydrogens (primary N) is 1. The molecule has 3 nitrogen and oxygen atoms in total. The highest BCUT2D eigenvalue weighted by molar-refractivity contribution is 5.05. The maximum atomic E-state index is 5.93. The Balaban J connectivity index is 1.81. The highest BCUT2D eigenvalue weighted by atomic mass is 16.3.